The second-order valence-corrected chi connectivity index (χ2v) is 4.41. The predicted octanol–water partition coefficient (Wildman–Crippen LogP) is 2.41. The van der Waals surface area contributed by atoms with E-state index in [2.05, 4.69) is 24.8 Å². The molecule has 0 aromatic heterocycles. The first kappa shape index (κ1) is 10.5. The van der Waals surface area contributed by atoms with Gasteiger partial charge in [-0.05, 0) is 32.9 Å². The lowest BCUT2D eigenvalue weighted by molar-refractivity contribution is 0.303. The molecule has 0 bridgehead atoms. The van der Waals surface area contributed by atoms with Crippen molar-refractivity contribution in [3.63, 3.8) is 0 Å². The summed E-state index contributed by atoms with van der Waals surface area (Å²) in [4.78, 5) is 2.43. The van der Waals surface area contributed by atoms with E-state index in [9.17, 15) is 0 Å². The van der Waals surface area contributed by atoms with E-state index in [-0.39, 0.29) is 5.41 Å². The van der Waals surface area contributed by atoms with Crippen LogP contribution < -0.4 is 0 Å². The van der Waals surface area contributed by atoms with Crippen molar-refractivity contribution in [2.24, 2.45) is 5.41 Å². The summed E-state index contributed by atoms with van der Waals surface area (Å²) >= 11 is 0. The highest BCUT2D eigenvalue weighted by molar-refractivity contribution is 5.01. The molecule has 1 heterocycles. The molecule has 0 N–H and O–H groups in total. The van der Waals surface area contributed by atoms with E-state index in [0.717, 1.165) is 19.5 Å². The Morgan fingerprint density at radius 1 is 1.46 bits per heavy atom. The van der Waals surface area contributed by atoms with Gasteiger partial charge in [-0.3, -0.25) is 0 Å². The maximum atomic E-state index is 8.94. The molecule has 0 spiro atoms. The monoisotopic (exact) mass is 180 g/mol. The van der Waals surface area contributed by atoms with Gasteiger partial charge in [0.15, 0.2) is 0 Å². The highest BCUT2D eigenvalue weighted by atomic mass is 15.1. The number of nitriles is 1. The van der Waals surface area contributed by atoms with Gasteiger partial charge < -0.3 is 4.90 Å². The summed E-state index contributed by atoms with van der Waals surface area (Å²) in [5.74, 6) is 0. The molecule has 0 radical (unpaired) electrons. The Bertz CT molecular complexity index is 195. The second kappa shape index (κ2) is 4.62. The first-order valence-corrected chi connectivity index (χ1v) is 5.34. The van der Waals surface area contributed by atoms with Crippen molar-refractivity contribution in [1.29, 1.82) is 5.26 Å². The van der Waals surface area contributed by atoms with Gasteiger partial charge >= 0.3 is 0 Å². The van der Waals surface area contributed by atoms with E-state index in [4.69, 9.17) is 5.26 Å². The van der Waals surface area contributed by atoms with Crippen molar-refractivity contribution in [2.45, 2.75) is 39.5 Å². The average molecular weight is 180 g/mol. The molecule has 1 fully saturated rings. The Hall–Kier alpha value is -0.550. The minimum atomic E-state index is -0.0633. The fraction of sp³-hybridized carbons (Fsp3) is 0.909. The molecule has 1 unspecified atom stereocenters. The van der Waals surface area contributed by atoms with Gasteiger partial charge in [-0.1, -0.05) is 19.8 Å². The Balaban J connectivity index is 2.22. The molecule has 0 saturated carbocycles. The van der Waals surface area contributed by atoms with Crippen molar-refractivity contribution in [2.75, 3.05) is 19.6 Å². The van der Waals surface area contributed by atoms with Crippen LogP contribution in [-0.4, -0.2) is 24.5 Å². The van der Waals surface area contributed by atoms with E-state index < -0.39 is 0 Å². The lowest BCUT2D eigenvalue weighted by atomic mass is 9.92. The fourth-order valence-electron chi connectivity index (χ4n) is 1.92. The lowest BCUT2D eigenvalue weighted by Crippen LogP contribution is -2.25. The summed E-state index contributed by atoms with van der Waals surface area (Å²) in [7, 11) is 0. The molecule has 2 nitrogen and oxygen atoms in total. The molecule has 1 aliphatic heterocycles. The number of unbranched alkanes of at least 4 members (excludes halogenated alkanes) is 2. The third-order valence-electron chi connectivity index (χ3n) is 2.90. The van der Waals surface area contributed by atoms with E-state index >= 15 is 0 Å². The minimum Gasteiger partial charge on any atom is -0.302 e. The number of rotatable bonds is 4. The molecule has 1 aliphatic rings. The topological polar surface area (TPSA) is 27.0 Å². The van der Waals surface area contributed by atoms with Crippen molar-refractivity contribution in [3.8, 4) is 6.07 Å². The van der Waals surface area contributed by atoms with Crippen molar-refractivity contribution in [1.82, 2.24) is 4.90 Å². The molecule has 1 atom stereocenters. The van der Waals surface area contributed by atoms with E-state index in [1.165, 1.54) is 25.8 Å². The molecule has 1 saturated heterocycles. The Morgan fingerprint density at radius 3 is 2.77 bits per heavy atom. The largest absolute Gasteiger partial charge is 0.302 e. The van der Waals surface area contributed by atoms with Crippen LogP contribution in [0.4, 0.5) is 0 Å². The third-order valence-corrected chi connectivity index (χ3v) is 2.90. The van der Waals surface area contributed by atoms with Gasteiger partial charge in [-0.2, -0.15) is 5.26 Å². The number of hydrogen-bond acceptors (Lipinski definition) is 2. The molecule has 0 aromatic carbocycles. The van der Waals surface area contributed by atoms with Crippen molar-refractivity contribution >= 4 is 0 Å². The summed E-state index contributed by atoms with van der Waals surface area (Å²) in [5, 5.41) is 8.94. The predicted molar refractivity (Wildman–Crippen MR) is 54.3 cm³/mol. The summed E-state index contributed by atoms with van der Waals surface area (Å²) in [6.45, 7) is 7.59. The third kappa shape index (κ3) is 3.00. The van der Waals surface area contributed by atoms with Crippen LogP contribution in [0.15, 0.2) is 0 Å². The van der Waals surface area contributed by atoms with Crippen LogP contribution in [0.1, 0.15) is 39.5 Å². The molecule has 74 valence electrons. The number of nitrogens with zero attached hydrogens (tertiary/aromatic N) is 2. The van der Waals surface area contributed by atoms with E-state index in [1.807, 2.05) is 0 Å². The van der Waals surface area contributed by atoms with Crippen LogP contribution in [0.5, 0.6) is 0 Å². The van der Waals surface area contributed by atoms with Crippen molar-refractivity contribution in [3.05, 3.63) is 0 Å². The molecule has 0 aliphatic carbocycles. The van der Waals surface area contributed by atoms with Crippen molar-refractivity contribution < 1.29 is 0 Å². The highest BCUT2D eigenvalue weighted by Crippen LogP contribution is 2.28. The fourth-order valence-corrected chi connectivity index (χ4v) is 1.92. The lowest BCUT2D eigenvalue weighted by Gasteiger charge is -2.17. The molecule has 2 heteroatoms. The molecular formula is C11H20N2. The van der Waals surface area contributed by atoms with Gasteiger partial charge in [-0.15, -0.1) is 0 Å². The van der Waals surface area contributed by atoms with Gasteiger partial charge in [0.1, 0.15) is 0 Å². The molecule has 0 amide bonds. The van der Waals surface area contributed by atoms with Gasteiger partial charge in [-0.25, -0.2) is 0 Å². The Kier molecular flexibility index (Phi) is 3.74. The maximum absolute atomic E-state index is 8.94. The second-order valence-electron chi connectivity index (χ2n) is 4.41. The molecule has 0 aromatic rings. The first-order valence-electron chi connectivity index (χ1n) is 5.34. The van der Waals surface area contributed by atoms with Gasteiger partial charge in [0.2, 0.25) is 0 Å². The van der Waals surface area contributed by atoms with Crippen LogP contribution >= 0.6 is 0 Å². The zero-order valence-electron chi connectivity index (χ0n) is 8.84. The van der Waals surface area contributed by atoms with Crippen LogP contribution in [0.3, 0.4) is 0 Å². The highest BCUT2D eigenvalue weighted by Gasteiger charge is 2.32. The molecular weight excluding hydrogens is 160 g/mol. The summed E-state index contributed by atoms with van der Waals surface area (Å²) in [5.41, 5.74) is -0.0633. The standard InChI is InChI=1S/C11H20N2/c1-3-4-5-7-13-8-6-11(2,9-12)10-13/h3-8,10H2,1-2H3. The minimum absolute atomic E-state index is 0.0633. The molecule has 1 rings (SSSR count). The van der Waals surface area contributed by atoms with Gasteiger partial charge in [0.25, 0.3) is 0 Å². The normalized spacial score (nSPS) is 29.0. The van der Waals surface area contributed by atoms with Crippen LogP contribution in [0, 0.1) is 16.7 Å². The summed E-state index contributed by atoms with van der Waals surface area (Å²) in [6, 6.07) is 2.42. The zero-order valence-corrected chi connectivity index (χ0v) is 8.84. The van der Waals surface area contributed by atoms with Crippen LogP contribution in [-0.2, 0) is 0 Å². The van der Waals surface area contributed by atoms with Gasteiger partial charge in [0, 0.05) is 6.54 Å². The Labute approximate surface area is 81.5 Å². The smallest absolute Gasteiger partial charge is 0.0700 e. The van der Waals surface area contributed by atoms with Gasteiger partial charge in [0.05, 0.1) is 11.5 Å². The van der Waals surface area contributed by atoms with Crippen LogP contribution in [0.2, 0.25) is 0 Å². The van der Waals surface area contributed by atoms with Crippen LogP contribution in [0.25, 0.3) is 0 Å². The summed E-state index contributed by atoms with van der Waals surface area (Å²) < 4.78 is 0. The number of hydrogen-bond donors (Lipinski definition) is 0. The zero-order chi connectivity index (χ0) is 9.73. The maximum Gasteiger partial charge on any atom is 0.0700 e. The first-order chi connectivity index (χ1) is 6.20. The quantitative estimate of drug-likeness (QED) is 0.621. The number of likely N-dealkylation sites (tertiary alicyclic amines) is 1. The Morgan fingerprint density at radius 2 is 2.23 bits per heavy atom. The molecule has 13 heavy (non-hydrogen) atoms. The average Bonchev–Trinajstić information content (AvgIpc) is 2.50. The van der Waals surface area contributed by atoms with E-state index in [1.54, 1.807) is 0 Å². The SMILES string of the molecule is CCCCCN1CCC(C)(C#N)C1. The summed E-state index contributed by atoms with van der Waals surface area (Å²) in [6.07, 6.45) is 4.94. The van der Waals surface area contributed by atoms with E-state index in [0.29, 0.717) is 0 Å².